The molecule has 8 heterocycles. The standard InChI is InChI=1S/C94H68B2N6O2/c1-93(2,3)57-27-26-34-62(47-57)99-79-48-58(94(4,5)6)45-46-72(79)95-73-53-70-71-54-74-81(56-88(71)103-87(70)55-80(73)97(59-28-10-7-11-29-59)82-49-63(50-83(99)89(82)95)100-75-40-21-16-35-65(75)66-36-17-22-41-76(66)100)98(60-30-12-8-13-31-60)84-51-64(101-77-42-23-18-37-67(77)68-38-19-24-43-78(68)101)52-85-90(84)96(74)92-91(69-39-20-25-44-86(69)104-92)102(85)61-32-14-9-15-33-61/h7-56H,1-6H3. The molecule has 0 atom stereocenters. The van der Waals surface area contributed by atoms with Crippen LogP contribution in [0.3, 0.4) is 0 Å². The molecule has 0 amide bonds. The lowest BCUT2D eigenvalue weighted by Gasteiger charge is -2.45. The largest absolute Gasteiger partial charge is 0.468 e. The maximum atomic E-state index is 7.63. The Labute approximate surface area is 603 Å². The van der Waals surface area contributed by atoms with Gasteiger partial charge in [0, 0.05) is 112 Å². The number of furan rings is 2. The maximum Gasteiger partial charge on any atom is 0.297 e. The summed E-state index contributed by atoms with van der Waals surface area (Å²) in [5, 5.41) is 8.02. The Morgan fingerprint density at radius 1 is 0.250 bits per heavy atom. The van der Waals surface area contributed by atoms with Crippen LogP contribution in [0.1, 0.15) is 52.7 Å². The number of hydrogen-bond donors (Lipinski definition) is 0. The van der Waals surface area contributed by atoms with E-state index in [-0.39, 0.29) is 24.3 Å². The van der Waals surface area contributed by atoms with Gasteiger partial charge < -0.3 is 37.6 Å². The first-order valence-corrected chi connectivity index (χ1v) is 36.4. The molecule has 0 saturated heterocycles. The van der Waals surface area contributed by atoms with Gasteiger partial charge in [0.15, 0.2) is 0 Å². The number of rotatable bonds is 6. The van der Waals surface area contributed by atoms with Gasteiger partial charge in [-0.2, -0.15) is 0 Å². The summed E-state index contributed by atoms with van der Waals surface area (Å²) in [6.45, 7) is 13.4. The molecule has 18 aromatic rings. The molecule has 0 bridgehead atoms. The molecule has 4 aromatic heterocycles. The van der Waals surface area contributed by atoms with Crippen molar-refractivity contribution in [3.05, 3.63) is 314 Å². The summed E-state index contributed by atoms with van der Waals surface area (Å²) < 4.78 is 20.1. The quantitative estimate of drug-likeness (QED) is 0.155. The van der Waals surface area contributed by atoms with Crippen molar-refractivity contribution in [2.24, 2.45) is 0 Å². The predicted molar refractivity (Wildman–Crippen MR) is 438 cm³/mol. The summed E-state index contributed by atoms with van der Waals surface area (Å²) in [4.78, 5) is 10.1. The maximum absolute atomic E-state index is 7.63. The van der Waals surface area contributed by atoms with E-state index in [1.54, 1.807) is 0 Å². The fourth-order valence-corrected chi connectivity index (χ4v) is 18.2. The van der Waals surface area contributed by atoms with Crippen LogP contribution in [-0.2, 0) is 10.8 Å². The van der Waals surface area contributed by atoms with Gasteiger partial charge in [-0.1, -0.05) is 217 Å². The number of para-hydroxylation sites is 8. The number of nitrogens with zero attached hydrogens (tertiary/aromatic N) is 6. The van der Waals surface area contributed by atoms with Crippen molar-refractivity contribution in [3.8, 4) is 11.4 Å². The van der Waals surface area contributed by atoms with E-state index in [4.69, 9.17) is 8.83 Å². The van der Waals surface area contributed by atoms with E-state index >= 15 is 0 Å². The molecular weight excluding hydrogens is 1270 g/mol. The molecule has 10 heteroatoms. The van der Waals surface area contributed by atoms with Crippen LogP contribution in [-0.4, -0.2) is 22.6 Å². The van der Waals surface area contributed by atoms with Crippen molar-refractivity contribution in [3.63, 3.8) is 0 Å². The summed E-state index contributed by atoms with van der Waals surface area (Å²) in [7, 11) is 0. The zero-order chi connectivity index (χ0) is 69.2. The Morgan fingerprint density at radius 3 is 1.12 bits per heavy atom. The van der Waals surface area contributed by atoms with Crippen LogP contribution >= 0.6 is 0 Å². The van der Waals surface area contributed by atoms with Gasteiger partial charge in [-0.25, -0.2) is 0 Å². The number of fused-ring (bicyclic) bond motifs is 19. The monoisotopic (exact) mass is 1330 g/mol. The fraction of sp³-hybridized carbons (Fsp3) is 0.0851. The zero-order valence-corrected chi connectivity index (χ0v) is 58.5. The summed E-state index contributed by atoms with van der Waals surface area (Å²) in [5.74, 6) is 0. The van der Waals surface area contributed by atoms with Gasteiger partial charge in [0.1, 0.15) is 16.7 Å². The first kappa shape index (κ1) is 59.1. The van der Waals surface area contributed by atoms with E-state index in [1.807, 2.05) is 0 Å². The average molecular weight is 1340 g/mol. The number of anilines is 12. The van der Waals surface area contributed by atoms with E-state index in [9.17, 15) is 0 Å². The highest BCUT2D eigenvalue weighted by Crippen LogP contribution is 2.52. The first-order valence-electron chi connectivity index (χ1n) is 36.4. The van der Waals surface area contributed by atoms with Crippen LogP contribution in [0.5, 0.6) is 0 Å². The minimum Gasteiger partial charge on any atom is -0.468 e. The molecule has 492 valence electrons. The van der Waals surface area contributed by atoms with Gasteiger partial charge in [-0.15, -0.1) is 0 Å². The van der Waals surface area contributed by atoms with Crippen LogP contribution in [0, 0.1) is 0 Å². The summed E-state index contributed by atoms with van der Waals surface area (Å²) >= 11 is 0. The summed E-state index contributed by atoms with van der Waals surface area (Å²) in [6.07, 6.45) is 0. The van der Waals surface area contributed by atoms with Gasteiger partial charge in [0.2, 0.25) is 0 Å². The lowest BCUT2D eigenvalue weighted by molar-refractivity contribution is 0.590. The number of hydrogen-bond acceptors (Lipinski definition) is 6. The van der Waals surface area contributed by atoms with Crippen LogP contribution in [0.25, 0.3) is 87.9 Å². The molecule has 4 aliphatic heterocycles. The third-order valence-corrected chi connectivity index (χ3v) is 22.9. The Kier molecular flexibility index (Phi) is 12.2. The van der Waals surface area contributed by atoms with Crippen molar-refractivity contribution in [2.45, 2.75) is 52.4 Å². The molecule has 14 aromatic carbocycles. The smallest absolute Gasteiger partial charge is 0.297 e. The Morgan fingerprint density at radius 2 is 0.635 bits per heavy atom. The van der Waals surface area contributed by atoms with Crippen molar-refractivity contribution in [1.82, 2.24) is 9.13 Å². The number of aromatic nitrogens is 2. The van der Waals surface area contributed by atoms with Gasteiger partial charge in [-0.05, 0) is 165 Å². The molecule has 0 N–H and O–H groups in total. The third-order valence-electron chi connectivity index (χ3n) is 22.9. The third kappa shape index (κ3) is 8.33. The molecule has 4 aliphatic rings. The molecule has 104 heavy (non-hydrogen) atoms. The van der Waals surface area contributed by atoms with E-state index < -0.39 is 0 Å². The molecule has 0 radical (unpaired) electrons. The van der Waals surface area contributed by atoms with E-state index in [0.717, 1.165) is 140 Å². The molecular formula is C94H68B2N6O2. The first-order chi connectivity index (χ1) is 50.9. The average Bonchev–Trinajstić information content (AvgIpc) is 1.54. The van der Waals surface area contributed by atoms with Gasteiger partial charge in [0.05, 0.1) is 44.8 Å². The van der Waals surface area contributed by atoms with Crippen molar-refractivity contribution in [2.75, 3.05) is 19.6 Å². The summed E-state index contributed by atoms with van der Waals surface area (Å²) in [6, 6.07) is 113. The minimum atomic E-state index is -0.340. The van der Waals surface area contributed by atoms with Crippen molar-refractivity contribution < 1.29 is 8.83 Å². The molecule has 0 spiro atoms. The van der Waals surface area contributed by atoms with Crippen LogP contribution in [0.4, 0.5) is 68.2 Å². The second kappa shape index (κ2) is 21.5. The Balaban J connectivity index is 0.843. The van der Waals surface area contributed by atoms with Crippen LogP contribution < -0.4 is 52.6 Å². The zero-order valence-electron chi connectivity index (χ0n) is 58.5. The highest BCUT2D eigenvalue weighted by Gasteiger charge is 2.49. The van der Waals surface area contributed by atoms with Gasteiger partial charge >= 0.3 is 0 Å². The minimum absolute atomic E-state index is 0.104. The molecule has 0 fully saturated rings. The normalized spacial score (nSPS) is 13.8. The highest BCUT2D eigenvalue weighted by atomic mass is 16.3. The predicted octanol–water partition coefficient (Wildman–Crippen LogP) is 21.3. The lowest BCUT2D eigenvalue weighted by atomic mass is 9.33. The van der Waals surface area contributed by atoms with Gasteiger partial charge in [-0.3, -0.25) is 0 Å². The van der Waals surface area contributed by atoms with Crippen molar-refractivity contribution >= 4 is 191 Å². The number of benzene rings is 14. The lowest BCUT2D eigenvalue weighted by Crippen LogP contribution is -2.61. The highest BCUT2D eigenvalue weighted by molar-refractivity contribution is 7.01. The molecule has 0 unspecified atom stereocenters. The Bertz CT molecular complexity index is 6580. The van der Waals surface area contributed by atoms with Crippen LogP contribution in [0.15, 0.2) is 312 Å². The molecule has 8 nitrogen and oxygen atoms in total. The topological polar surface area (TPSA) is 49.1 Å². The summed E-state index contributed by atoms with van der Waals surface area (Å²) in [5.41, 5.74) is 31.4. The van der Waals surface area contributed by atoms with E-state index in [0.29, 0.717) is 0 Å². The SMILES string of the molecule is CC(C)(C)c1cccc(N2c3cc(C(C)(C)C)ccc3B3c4cc5c(cc4N(c4ccccc4)c4cc(-n6c7ccccc7c7ccccc76)cc2c43)oc2cc3c(cc25)B2c4oc5ccccc5c4N(c4ccccc4)c4cc(-n5c6ccccc6c6ccccc65)cc(c42)N3c2ccccc2)c1. The fourth-order valence-electron chi connectivity index (χ4n) is 18.2. The van der Waals surface area contributed by atoms with E-state index in [1.165, 1.54) is 60.2 Å². The second-order valence-corrected chi connectivity index (χ2v) is 30.8. The van der Waals surface area contributed by atoms with E-state index in [2.05, 4.69) is 374 Å². The molecule has 0 aliphatic carbocycles. The van der Waals surface area contributed by atoms with Gasteiger partial charge in [0.25, 0.3) is 13.4 Å². The molecule has 0 saturated carbocycles. The Hall–Kier alpha value is -12.7. The van der Waals surface area contributed by atoms with Crippen LogP contribution in [0.2, 0.25) is 0 Å². The second-order valence-electron chi connectivity index (χ2n) is 30.8. The molecule has 22 rings (SSSR count). The van der Waals surface area contributed by atoms with Crippen molar-refractivity contribution in [1.29, 1.82) is 0 Å².